The van der Waals surface area contributed by atoms with Crippen LogP contribution in [0.25, 0.3) is 10.9 Å². The summed E-state index contributed by atoms with van der Waals surface area (Å²) in [4.78, 5) is 15.9. The zero-order valence-corrected chi connectivity index (χ0v) is 11.1. The number of benzene rings is 1. The van der Waals surface area contributed by atoms with Gasteiger partial charge in [-0.15, -0.1) is 0 Å². The quantitative estimate of drug-likeness (QED) is 0.372. The highest BCUT2D eigenvalue weighted by atomic mass is 16.6. The zero-order chi connectivity index (χ0) is 13.9. The Balaban J connectivity index is 1.82. The molecule has 0 spiro atoms. The van der Waals surface area contributed by atoms with E-state index in [-0.39, 0.29) is 0 Å². The van der Waals surface area contributed by atoms with Crippen molar-refractivity contribution in [2.75, 3.05) is 7.11 Å². The molecule has 0 amide bonds. The van der Waals surface area contributed by atoms with Crippen LogP contribution in [0.15, 0.2) is 47.8 Å². The Hall–Kier alpha value is -2.56. The molecule has 102 valence electrons. The van der Waals surface area contributed by atoms with E-state index in [1.807, 2.05) is 12.1 Å². The fourth-order valence-corrected chi connectivity index (χ4v) is 2.38. The molecule has 2 heterocycles. The van der Waals surface area contributed by atoms with Gasteiger partial charge in [0.2, 0.25) is 0 Å². The first-order chi connectivity index (χ1) is 9.79. The molecule has 0 saturated heterocycles. The van der Waals surface area contributed by atoms with Crippen LogP contribution < -0.4 is 0 Å². The Kier molecular flexibility index (Phi) is 3.25. The van der Waals surface area contributed by atoms with Gasteiger partial charge in [-0.2, -0.15) is 0 Å². The number of aromatic nitrogens is 1. The van der Waals surface area contributed by atoms with Gasteiger partial charge in [0.25, 0.3) is 0 Å². The second kappa shape index (κ2) is 5.21. The van der Waals surface area contributed by atoms with E-state index < -0.39 is 5.97 Å². The maximum absolute atomic E-state index is 10.9. The summed E-state index contributed by atoms with van der Waals surface area (Å²) in [6, 6.07) is 10.3. The third kappa shape index (κ3) is 2.18. The number of hydrogen-bond donors (Lipinski definition) is 0. The van der Waals surface area contributed by atoms with Gasteiger partial charge in [0.05, 0.1) is 18.9 Å². The highest BCUT2D eigenvalue weighted by Crippen LogP contribution is 2.26. The average molecular weight is 270 g/mol. The van der Waals surface area contributed by atoms with Gasteiger partial charge in [-0.25, -0.2) is 4.79 Å². The largest absolute Gasteiger partial charge is 0.466 e. The van der Waals surface area contributed by atoms with Gasteiger partial charge in [-0.05, 0) is 12.1 Å². The van der Waals surface area contributed by atoms with Crippen LogP contribution in [0.4, 0.5) is 0 Å². The van der Waals surface area contributed by atoms with Gasteiger partial charge in [0, 0.05) is 23.9 Å². The number of carbonyl (C=O) groups excluding carboxylic acids is 1. The van der Waals surface area contributed by atoms with Crippen molar-refractivity contribution in [3.63, 3.8) is 0 Å². The van der Waals surface area contributed by atoms with Crippen LogP contribution in [0.1, 0.15) is 12.1 Å². The zero-order valence-electron chi connectivity index (χ0n) is 11.1. The first kappa shape index (κ1) is 12.5. The fraction of sp³-hybridized carbons (Fsp3) is 0.200. The lowest BCUT2D eigenvalue weighted by atomic mass is 10.2. The van der Waals surface area contributed by atoms with Crippen LogP contribution in [-0.4, -0.2) is 23.4 Å². The molecule has 5 heteroatoms. The molecule has 0 saturated carbocycles. The lowest BCUT2D eigenvalue weighted by molar-refractivity contribution is -0.134. The molecule has 1 aliphatic rings. The van der Waals surface area contributed by atoms with E-state index in [0.29, 0.717) is 0 Å². The van der Waals surface area contributed by atoms with Gasteiger partial charge in [0.15, 0.2) is 0 Å². The summed E-state index contributed by atoms with van der Waals surface area (Å²) >= 11 is 0. The number of ether oxygens (including phenoxy) is 1. The molecule has 0 aliphatic carbocycles. The monoisotopic (exact) mass is 270 g/mol. The Morgan fingerprint density at radius 3 is 3.10 bits per heavy atom. The molecule has 0 bridgehead atoms. The van der Waals surface area contributed by atoms with E-state index in [9.17, 15) is 4.79 Å². The molecule has 0 N–H and O–H groups in total. The van der Waals surface area contributed by atoms with Crippen molar-refractivity contribution < 1.29 is 14.4 Å². The number of methoxy groups -OCH3 is 1. The number of esters is 1. The summed E-state index contributed by atoms with van der Waals surface area (Å²) in [5.41, 5.74) is 3.16. The van der Waals surface area contributed by atoms with Crippen LogP contribution in [-0.2, 0) is 20.9 Å². The van der Waals surface area contributed by atoms with Crippen molar-refractivity contribution in [3.05, 3.63) is 48.4 Å². The van der Waals surface area contributed by atoms with Crippen LogP contribution in [0.2, 0.25) is 0 Å². The Labute approximate surface area is 116 Å². The standard InChI is InChI=1S/C15H14N2O3/c1-19-15(18)7-9-20-16-12-6-8-17-13-5-3-2-4-11(13)10-14(12)17/h2-5,7,9-10H,6,8H2,1H3/b9-7+,16-12+. The van der Waals surface area contributed by atoms with E-state index in [2.05, 4.69) is 32.7 Å². The predicted molar refractivity (Wildman–Crippen MR) is 75.3 cm³/mol. The Morgan fingerprint density at radius 1 is 1.40 bits per heavy atom. The van der Waals surface area contributed by atoms with E-state index in [1.54, 1.807) is 0 Å². The lowest BCUT2D eigenvalue weighted by Gasteiger charge is -1.97. The topological polar surface area (TPSA) is 52.8 Å². The molecule has 0 radical (unpaired) electrons. The Morgan fingerprint density at radius 2 is 2.25 bits per heavy atom. The predicted octanol–water partition coefficient (Wildman–Crippen LogP) is 2.45. The van der Waals surface area contributed by atoms with E-state index in [0.717, 1.165) is 24.4 Å². The summed E-state index contributed by atoms with van der Waals surface area (Å²) in [6.07, 6.45) is 3.24. The van der Waals surface area contributed by atoms with Crippen LogP contribution in [0, 0.1) is 0 Å². The van der Waals surface area contributed by atoms with Gasteiger partial charge in [-0.3, -0.25) is 0 Å². The second-order valence-corrected chi connectivity index (χ2v) is 4.46. The number of carbonyl (C=O) groups is 1. The first-order valence-corrected chi connectivity index (χ1v) is 6.35. The third-order valence-electron chi connectivity index (χ3n) is 3.31. The van der Waals surface area contributed by atoms with Gasteiger partial charge in [-0.1, -0.05) is 23.4 Å². The number of hydrogen-bond acceptors (Lipinski definition) is 4. The summed E-state index contributed by atoms with van der Waals surface area (Å²) < 4.78 is 6.68. The molecular weight excluding hydrogens is 256 g/mol. The molecule has 20 heavy (non-hydrogen) atoms. The summed E-state index contributed by atoms with van der Waals surface area (Å²) in [5.74, 6) is -0.467. The number of rotatable bonds is 3. The molecule has 3 rings (SSSR count). The molecule has 1 aromatic heterocycles. The first-order valence-electron chi connectivity index (χ1n) is 6.35. The van der Waals surface area contributed by atoms with E-state index in [4.69, 9.17) is 4.84 Å². The maximum atomic E-state index is 10.9. The summed E-state index contributed by atoms with van der Waals surface area (Å²) in [5, 5.41) is 5.26. The average Bonchev–Trinajstić information content (AvgIpc) is 3.02. The van der Waals surface area contributed by atoms with Crippen LogP contribution in [0.3, 0.4) is 0 Å². The molecule has 0 atom stereocenters. The normalized spacial score (nSPS) is 15.9. The van der Waals surface area contributed by atoms with E-state index in [1.165, 1.54) is 30.4 Å². The summed E-state index contributed by atoms with van der Waals surface area (Å²) in [7, 11) is 1.31. The van der Waals surface area contributed by atoms with Crippen molar-refractivity contribution >= 4 is 22.6 Å². The van der Waals surface area contributed by atoms with E-state index >= 15 is 0 Å². The van der Waals surface area contributed by atoms with Crippen molar-refractivity contribution in [2.45, 2.75) is 13.0 Å². The minimum absolute atomic E-state index is 0.467. The number of nitrogens with zero attached hydrogens (tertiary/aromatic N) is 2. The minimum atomic E-state index is -0.467. The summed E-state index contributed by atoms with van der Waals surface area (Å²) in [6.45, 7) is 0.895. The third-order valence-corrected chi connectivity index (χ3v) is 3.31. The molecule has 2 aromatic rings. The lowest BCUT2D eigenvalue weighted by Crippen LogP contribution is -1.96. The van der Waals surface area contributed by atoms with Gasteiger partial charge in [0.1, 0.15) is 12.0 Å². The van der Waals surface area contributed by atoms with Crippen molar-refractivity contribution in [1.82, 2.24) is 4.57 Å². The molecule has 0 unspecified atom stereocenters. The van der Waals surface area contributed by atoms with Gasteiger partial charge < -0.3 is 14.1 Å². The van der Waals surface area contributed by atoms with Crippen LogP contribution >= 0.6 is 0 Å². The SMILES string of the molecule is COC(=O)/C=C/O/N=C1\CCn2c1cc1ccccc12. The number of aryl methyl sites for hydroxylation is 1. The smallest absolute Gasteiger partial charge is 0.333 e. The number of fused-ring (bicyclic) bond motifs is 3. The molecule has 5 nitrogen and oxygen atoms in total. The van der Waals surface area contributed by atoms with Crippen molar-refractivity contribution in [2.24, 2.45) is 5.16 Å². The highest BCUT2D eigenvalue weighted by Gasteiger charge is 2.20. The van der Waals surface area contributed by atoms with Crippen LogP contribution in [0.5, 0.6) is 0 Å². The van der Waals surface area contributed by atoms with Crippen molar-refractivity contribution in [3.8, 4) is 0 Å². The molecular formula is C15H14N2O3. The molecule has 1 aliphatic heterocycles. The minimum Gasteiger partial charge on any atom is -0.466 e. The molecule has 0 fully saturated rings. The van der Waals surface area contributed by atoms with Crippen molar-refractivity contribution in [1.29, 1.82) is 0 Å². The maximum Gasteiger partial charge on any atom is 0.333 e. The number of oxime groups is 1. The fourth-order valence-electron chi connectivity index (χ4n) is 2.38. The molecule has 1 aromatic carbocycles. The number of para-hydroxylation sites is 1. The highest BCUT2D eigenvalue weighted by molar-refractivity contribution is 6.05. The Bertz CT molecular complexity index is 713. The van der Waals surface area contributed by atoms with Gasteiger partial charge >= 0.3 is 5.97 Å². The second-order valence-electron chi connectivity index (χ2n) is 4.46.